The number of hydrogen-bond acceptors (Lipinski definition) is 0. The Kier molecular flexibility index (Phi) is 5.62. The van der Waals surface area contributed by atoms with Crippen LogP contribution in [0.15, 0.2) is 60.3 Å². The minimum atomic E-state index is 1.16. The second-order valence-electron chi connectivity index (χ2n) is 2.92. The van der Waals surface area contributed by atoms with Crippen molar-refractivity contribution in [2.45, 2.75) is 20.8 Å². The van der Waals surface area contributed by atoms with Crippen LogP contribution in [0.5, 0.6) is 0 Å². The van der Waals surface area contributed by atoms with Gasteiger partial charge in [0.2, 0.25) is 0 Å². The van der Waals surface area contributed by atoms with Crippen molar-refractivity contribution in [1.29, 1.82) is 0 Å². The van der Waals surface area contributed by atoms with Gasteiger partial charge in [-0.3, -0.25) is 0 Å². The quantitative estimate of drug-likeness (QED) is 0.560. The summed E-state index contributed by atoms with van der Waals surface area (Å²) in [5.74, 6) is 0. The molecule has 0 bridgehead atoms. The molecule has 0 aliphatic heterocycles. The largest absolute Gasteiger partial charge is 0.0990 e. The van der Waals surface area contributed by atoms with Gasteiger partial charge in [-0.2, -0.15) is 0 Å². The summed E-state index contributed by atoms with van der Waals surface area (Å²) in [7, 11) is 0. The summed E-state index contributed by atoms with van der Waals surface area (Å²) in [5, 5.41) is 0. The third kappa shape index (κ3) is 4.32. The molecule has 0 unspecified atom stereocenters. The first-order valence-corrected chi connectivity index (χ1v) is 4.42. The van der Waals surface area contributed by atoms with Crippen molar-refractivity contribution >= 4 is 0 Å². The normalized spacial score (nSPS) is 14.2. The summed E-state index contributed by atoms with van der Waals surface area (Å²) in [6, 6.07) is 0. The van der Waals surface area contributed by atoms with Gasteiger partial charge in [0.1, 0.15) is 0 Å². The molecule has 70 valence electrons. The highest BCUT2D eigenvalue weighted by molar-refractivity contribution is 5.43. The Bertz CT molecular complexity index is 272. The predicted molar refractivity (Wildman–Crippen MR) is 61.7 cm³/mol. The fourth-order valence-corrected chi connectivity index (χ4v) is 0.891. The Morgan fingerprint density at radius 2 is 1.77 bits per heavy atom. The Balaban J connectivity index is 4.95. The molecule has 0 fully saturated rings. The molecule has 0 atom stereocenters. The predicted octanol–water partition coefficient (Wildman–Crippen LogP) is 4.20. The zero-order chi connectivity index (χ0) is 10.3. The van der Waals surface area contributed by atoms with Crippen molar-refractivity contribution in [2.24, 2.45) is 0 Å². The Hall–Kier alpha value is -1.30. The molecular formula is C13H18. The first-order chi connectivity index (χ1) is 6.15. The lowest BCUT2D eigenvalue weighted by molar-refractivity contribution is 1.37. The first kappa shape index (κ1) is 11.7. The van der Waals surface area contributed by atoms with Gasteiger partial charge in [-0.15, -0.1) is 0 Å². The molecule has 0 aromatic heterocycles. The summed E-state index contributed by atoms with van der Waals surface area (Å²) < 4.78 is 0. The van der Waals surface area contributed by atoms with Crippen LogP contribution in [0.25, 0.3) is 0 Å². The van der Waals surface area contributed by atoms with Gasteiger partial charge in [0.15, 0.2) is 0 Å². The van der Waals surface area contributed by atoms with E-state index in [-0.39, 0.29) is 0 Å². The molecule has 0 amide bonds. The van der Waals surface area contributed by atoms with Gasteiger partial charge in [-0.1, -0.05) is 49.1 Å². The van der Waals surface area contributed by atoms with E-state index in [0.717, 1.165) is 5.57 Å². The molecule has 0 N–H and O–H groups in total. The second-order valence-corrected chi connectivity index (χ2v) is 2.92. The molecule has 0 nitrogen and oxygen atoms in total. The smallest absolute Gasteiger partial charge is 0.0228 e. The lowest BCUT2D eigenvalue weighted by atomic mass is 10.0. The molecule has 0 aliphatic rings. The van der Waals surface area contributed by atoms with Gasteiger partial charge in [-0.25, -0.2) is 0 Å². The minimum absolute atomic E-state index is 1.16. The van der Waals surface area contributed by atoms with Crippen LogP contribution in [0, 0.1) is 0 Å². The summed E-state index contributed by atoms with van der Waals surface area (Å²) in [4.78, 5) is 0. The van der Waals surface area contributed by atoms with E-state index < -0.39 is 0 Å². The Morgan fingerprint density at radius 1 is 1.15 bits per heavy atom. The van der Waals surface area contributed by atoms with Crippen LogP contribution in [-0.2, 0) is 0 Å². The number of allylic oxidation sites excluding steroid dienone is 8. The van der Waals surface area contributed by atoms with E-state index in [1.807, 2.05) is 26.0 Å². The Labute approximate surface area is 81.7 Å². The van der Waals surface area contributed by atoms with Crippen LogP contribution < -0.4 is 0 Å². The second kappa shape index (κ2) is 6.24. The Morgan fingerprint density at radius 3 is 2.15 bits per heavy atom. The van der Waals surface area contributed by atoms with Crippen molar-refractivity contribution in [3.05, 3.63) is 60.3 Å². The van der Waals surface area contributed by atoms with Crippen LogP contribution in [-0.4, -0.2) is 0 Å². The monoisotopic (exact) mass is 174 g/mol. The van der Waals surface area contributed by atoms with E-state index in [2.05, 4.69) is 32.2 Å². The molecule has 0 aliphatic carbocycles. The van der Waals surface area contributed by atoms with Crippen molar-refractivity contribution in [2.75, 3.05) is 0 Å². The van der Waals surface area contributed by atoms with Gasteiger partial charge in [0.05, 0.1) is 0 Å². The average Bonchev–Trinajstić information content (AvgIpc) is 2.15. The number of rotatable bonds is 4. The fourth-order valence-electron chi connectivity index (χ4n) is 0.891. The van der Waals surface area contributed by atoms with Gasteiger partial charge >= 0.3 is 0 Å². The summed E-state index contributed by atoms with van der Waals surface area (Å²) in [6.45, 7) is 13.6. The highest BCUT2D eigenvalue weighted by atomic mass is 14.0. The summed E-state index contributed by atoms with van der Waals surface area (Å²) in [6.07, 6.45) is 9.84. The van der Waals surface area contributed by atoms with Gasteiger partial charge in [-0.05, 0) is 31.9 Å². The minimum Gasteiger partial charge on any atom is -0.0990 e. The van der Waals surface area contributed by atoms with E-state index in [0.29, 0.717) is 0 Å². The maximum Gasteiger partial charge on any atom is -0.0228 e. The lowest BCUT2D eigenvalue weighted by Gasteiger charge is -2.01. The molecule has 0 saturated heterocycles. The standard InChI is InChI=1S/C13H18/c1-6-9-13(12(5)8-3)10-11(4)7-2/h6-10H,1-2H2,3-5H3/b11-10+,12-8-,13-9-. The summed E-state index contributed by atoms with van der Waals surface area (Å²) in [5.41, 5.74) is 3.60. The van der Waals surface area contributed by atoms with Crippen LogP contribution in [0.2, 0.25) is 0 Å². The molecule has 0 heteroatoms. The van der Waals surface area contributed by atoms with Crippen molar-refractivity contribution < 1.29 is 0 Å². The summed E-state index contributed by atoms with van der Waals surface area (Å²) >= 11 is 0. The van der Waals surface area contributed by atoms with Crippen LogP contribution in [0.1, 0.15) is 20.8 Å². The van der Waals surface area contributed by atoms with Crippen molar-refractivity contribution in [3.8, 4) is 0 Å². The SMILES string of the molecule is C=C/C=C(/C=C(\C)C=C)C(\C)=C/C. The topological polar surface area (TPSA) is 0 Å². The van der Waals surface area contributed by atoms with E-state index in [1.165, 1.54) is 11.1 Å². The van der Waals surface area contributed by atoms with Crippen molar-refractivity contribution in [1.82, 2.24) is 0 Å². The molecule has 0 rings (SSSR count). The van der Waals surface area contributed by atoms with Gasteiger partial charge < -0.3 is 0 Å². The maximum atomic E-state index is 3.72. The van der Waals surface area contributed by atoms with Gasteiger partial charge in [0, 0.05) is 0 Å². The zero-order valence-electron chi connectivity index (χ0n) is 8.80. The molecule has 0 radical (unpaired) electrons. The van der Waals surface area contributed by atoms with E-state index in [9.17, 15) is 0 Å². The molecule has 0 saturated carbocycles. The molecular weight excluding hydrogens is 156 g/mol. The van der Waals surface area contributed by atoms with Crippen LogP contribution >= 0.6 is 0 Å². The number of hydrogen-bond donors (Lipinski definition) is 0. The van der Waals surface area contributed by atoms with Crippen LogP contribution in [0.3, 0.4) is 0 Å². The first-order valence-electron chi connectivity index (χ1n) is 4.42. The third-order valence-corrected chi connectivity index (χ3v) is 1.89. The van der Waals surface area contributed by atoms with E-state index >= 15 is 0 Å². The van der Waals surface area contributed by atoms with E-state index in [1.54, 1.807) is 6.08 Å². The third-order valence-electron chi connectivity index (χ3n) is 1.89. The average molecular weight is 174 g/mol. The molecule has 0 aromatic carbocycles. The molecule has 0 aromatic rings. The molecule has 0 heterocycles. The highest BCUT2D eigenvalue weighted by Gasteiger charge is 1.93. The van der Waals surface area contributed by atoms with Gasteiger partial charge in [0.25, 0.3) is 0 Å². The lowest BCUT2D eigenvalue weighted by Crippen LogP contribution is -1.81. The van der Waals surface area contributed by atoms with Crippen molar-refractivity contribution in [3.63, 3.8) is 0 Å². The fraction of sp³-hybridized carbons (Fsp3) is 0.231. The molecule has 0 spiro atoms. The molecule has 13 heavy (non-hydrogen) atoms. The maximum absolute atomic E-state index is 3.72. The van der Waals surface area contributed by atoms with E-state index in [4.69, 9.17) is 0 Å². The van der Waals surface area contributed by atoms with Crippen LogP contribution in [0.4, 0.5) is 0 Å². The zero-order valence-corrected chi connectivity index (χ0v) is 8.80. The highest BCUT2D eigenvalue weighted by Crippen LogP contribution is 2.13.